The molecule has 0 aliphatic carbocycles. The molecule has 1 aliphatic heterocycles. The van der Waals surface area contributed by atoms with Crippen LogP contribution in [0.3, 0.4) is 0 Å². The predicted octanol–water partition coefficient (Wildman–Crippen LogP) is 4.62. The summed E-state index contributed by atoms with van der Waals surface area (Å²) in [5, 5.41) is 3.75. The van der Waals surface area contributed by atoms with E-state index in [1.807, 2.05) is 41.3 Å². The van der Waals surface area contributed by atoms with Crippen molar-refractivity contribution in [2.24, 2.45) is 0 Å². The molecule has 1 N–H and O–H groups in total. The SMILES string of the molecule is Cc1ccc(NC(=O)N2CCN(c3cc(Cl)ccc3C)CC2)cc1C. The van der Waals surface area contributed by atoms with E-state index >= 15 is 0 Å². The number of carbonyl (C=O) groups excluding carboxylic acids is 1. The van der Waals surface area contributed by atoms with E-state index in [0.29, 0.717) is 13.1 Å². The largest absolute Gasteiger partial charge is 0.368 e. The lowest BCUT2D eigenvalue weighted by Crippen LogP contribution is -2.50. The molecule has 1 heterocycles. The fourth-order valence-electron chi connectivity index (χ4n) is 3.10. The maximum absolute atomic E-state index is 12.5. The molecule has 0 bridgehead atoms. The number of nitrogens with one attached hydrogen (secondary N) is 1. The Bertz CT molecular complexity index is 783. The van der Waals surface area contributed by atoms with Crippen molar-refractivity contribution in [2.45, 2.75) is 20.8 Å². The van der Waals surface area contributed by atoms with Gasteiger partial charge in [0.15, 0.2) is 0 Å². The van der Waals surface area contributed by atoms with E-state index in [2.05, 4.69) is 31.0 Å². The third-order valence-electron chi connectivity index (χ3n) is 4.84. The van der Waals surface area contributed by atoms with E-state index in [0.717, 1.165) is 29.5 Å². The van der Waals surface area contributed by atoms with Crippen LogP contribution in [-0.4, -0.2) is 37.1 Å². The van der Waals surface area contributed by atoms with Gasteiger partial charge in [0.1, 0.15) is 0 Å². The van der Waals surface area contributed by atoms with Gasteiger partial charge >= 0.3 is 6.03 Å². The number of aryl methyl sites for hydroxylation is 3. The van der Waals surface area contributed by atoms with Gasteiger partial charge in [0.25, 0.3) is 0 Å². The van der Waals surface area contributed by atoms with Gasteiger partial charge in [-0.2, -0.15) is 0 Å². The van der Waals surface area contributed by atoms with Crippen molar-refractivity contribution in [3.63, 3.8) is 0 Å². The number of nitrogens with zero attached hydrogens (tertiary/aromatic N) is 2. The summed E-state index contributed by atoms with van der Waals surface area (Å²) in [7, 11) is 0. The highest BCUT2D eigenvalue weighted by Gasteiger charge is 2.22. The first-order chi connectivity index (χ1) is 11.9. The second-order valence-electron chi connectivity index (χ2n) is 6.63. The molecule has 2 aromatic carbocycles. The molecule has 0 unspecified atom stereocenters. The van der Waals surface area contributed by atoms with Crippen LogP contribution in [0.25, 0.3) is 0 Å². The van der Waals surface area contributed by atoms with Gasteiger partial charge < -0.3 is 15.1 Å². The van der Waals surface area contributed by atoms with Gasteiger partial charge in [0.05, 0.1) is 0 Å². The molecule has 0 spiro atoms. The molecule has 4 nitrogen and oxygen atoms in total. The van der Waals surface area contributed by atoms with Crippen molar-refractivity contribution >= 4 is 29.0 Å². The quantitative estimate of drug-likeness (QED) is 0.851. The molecule has 25 heavy (non-hydrogen) atoms. The smallest absolute Gasteiger partial charge is 0.321 e. The van der Waals surface area contributed by atoms with Crippen LogP contribution < -0.4 is 10.2 Å². The third kappa shape index (κ3) is 4.07. The number of hydrogen-bond donors (Lipinski definition) is 1. The number of piperazine rings is 1. The minimum Gasteiger partial charge on any atom is -0.368 e. The molecule has 2 amide bonds. The topological polar surface area (TPSA) is 35.6 Å². The third-order valence-corrected chi connectivity index (χ3v) is 5.07. The second-order valence-corrected chi connectivity index (χ2v) is 7.07. The van der Waals surface area contributed by atoms with Gasteiger partial charge in [-0.3, -0.25) is 0 Å². The fraction of sp³-hybridized carbons (Fsp3) is 0.350. The normalized spacial score (nSPS) is 14.6. The van der Waals surface area contributed by atoms with Gasteiger partial charge in [0, 0.05) is 42.6 Å². The first-order valence-electron chi connectivity index (χ1n) is 8.58. The lowest BCUT2D eigenvalue weighted by molar-refractivity contribution is 0.208. The Kier molecular flexibility index (Phi) is 5.19. The van der Waals surface area contributed by atoms with Gasteiger partial charge in [0.2, 0.25) is 0 Å². The molecule has 3 rings (SSSR count). The van der Waals surface area contributed by atoms with Crippen molar-refractivity contribution in [2.75, 3.05) is 36.4 Å². The highest BCUT2D eigenvalue weighted by molar-refractivity contribution is 6.30. The maximum Gasteiger partial charge on any atom is 0.321 e. The van der Waals surface area contributed by atoms with Gasteiger partial charge in [-0.15, -0.1) is 0 Å². The number of halogens is 1. The molecule has 0 aromatic heterocycles. The number of anilines is 2. The number of hydrogen-bond acceptors (Lipinski definition) is 2. The molecule has 5 heteroatoms. The van der Waals surface area contributed by atoms with Crippen LogP contribution in [0.4, 0.5) is 16.2 Å². The van der Waals surface area contributed by atoms with Crippen LogP contribution >= 0.6 is 11.6 Å². The Labute approximate surface area is 154 Å². The number of amides is 2. The molecule has 1 aliphatic rings. The summed E-state index contributed by atoms with van der Waals surface area (Å²) in [6, 6.07) is 11.9. The van der Waals surface area contributed by atoms with Crippen molar-refractivity contribution in [3.8, 4) is 0 Å². The minimum absolute atomic E-state index is 0.0364. The minimum atomic E-state index is -0.0364. The molecule has 0 saturated carbocycles. The first-order valence-corrected chi connectivity index (χ1v) is 8.96. The van der Waals surface area contributed by atoms with Crippen LogP contribution in [0.2, 0.25) is 5.02 Å². The Hall–Kier alpha value is -2.20. The zero-order valence-corrected chi connectivity index (χ0v) is 15.7. The van der Waals surface area contributed by atoms with Crippen molar-refractivity contribution in [1.29, 1.82) is 0 Å². The summed E-state index contributed by atoms with van der Waals surface area (Å²) in [6.45, 7) is 9.22. The summed E-state index contributed by atoms with van der Waals surface area (Å²) in [5.41, 5.74) is 5.61. The standard InChI is InChI=1S/C20H24ClN3O/c1-14-5-7-18(12-16(14)3)22-20(25)24-10-8-23(9-11-24)19-13-17(21)6-4-15(19)2/h4-7,12-13H,8-11H2,1-3H3,(H,22,25). The molecule has 132 valence electrons. The summed E-state index contributed by atoms with van der Waals surface area (Å²) < 4.78 is 0. The molecule has 1 fully saturated rings. The summed E-state index contributed by atoms with van der Waals surface area (Å²) in [4.78, 5) is 16.7. The van der Waals surface area contributed by atoms with E-state index in [1.165, 1.54) is 16.7 Å². The zero-order valence-electron chi connectivity index (χ0n) is 15.0. The predicted molar refractivity (Wildman–Crippen MR) is 105 cm³/mol. The van der Waals surface area contributed by atoms with E-state index in [-0.39, 0.29) is 6.03 Å². The van der Waals surface area contributed by atoms with Crippen LogP contribution in [0.1, 0.15) is 16.7 Å². The maximum atomic E-state index is 12.5. The van der Waals surface area contributed by atoms with Crippen molar-refractivity contribution in [3.05, 3.63) is 58.1 Å². The van der Waals surface area contributed by atoms with Crippen LogP contribution in [0.15, 0.2) is 36.4 Å². The zero-order chi connectivity index (χ0) is 18.0. The molecule has 0 radical (unpaired) electrons. The Balaban J connectivity index is 1.60. The first kappa shape index (κ1) is 17.6. The van der Waals surface area contributed by atoms with E-state index < -0.39 is 0 Å². The molecular formula is C20H24ClN3O. The van der Waals surface area contributed by atoms with Crippen LogP contribution in [-0.2, 0) is 0 Å². The highest BCUT2D eigenvalue weighted by Crippen LogP contribution is 2.25. The average Bonchev–Trinajstić information content (AvgIpc) is 2.60. The monoisotopic (exact) mass is 357 g/mol. The summed E-state index contributed by atoms with van der Waals surface area (Å²) in [6.07, 6.45) is 0. The van der Waals surface area contributed by atoms with Crippen molar-refractivity contribution in [1.82, 2.24) is 4.90 Å². The molecule has 0 atom stereocenters. The van der Waals surface area contributed by atoms with E-state index in [9.17, 15) is 4.79 Å². The van der Waals surface area contributed by atoms with E-state index in [1.54, 1.807) is 0 Å². The summed E-state index contributed by atoms with van der Waals surface area (Å²) >= 11 is 6.13. The summed E-state index contributed by atoms with van der Waals surface area (Å²) in [5.74, 6) is 0. The highest BCUT2D eigenvalue weighted by atomic mass is 35.5. The fourth-order valence-corrected chi connectivity index (χ4v) is 3.26. The van der Waals surface area contributed by atoms with Gasteiger partial charge in [-0.05, 0) is 61.7 Å². The van der Waals surface area contributed by atoms with Gasteiger partial charge in [-0.25, -0.2) is 4.79 Å². The van der Waals surface area contributed by atoms with Crippen LogP contribution in [0, 0.1) is 20.8 Å². The van der Waals surface area contributed by atoms with Crippen molar-refractivity contribution < 1.29 is 4.79 Å². The van der Waals surface area contributed by atoms with Gasteiger partial charge in [-0.1, -0.05) is 23.7 Å². The number of benzene rings is 2. The Morgan fingerprint density at radius 2 is 1.60 bits per heavy atom. The lowest BCUT2D eigenvalue weighted by atomic mass is 10.1. The average molecular weight is 358 g/mol. The van der Waals surface area contributed by atoms with E-state index in [4.69, 9.17) is 11.6 Å². The molecular weight excluding hydrogens is 334 g/mol. The number of rotatable bonds is 2. The molecule has 2 aromatic rings. The van der Waals surface area contributed by atoms with Crippen LogP contribution in [0.5, 0.6) is 0 Å². The Morgan fingerprint density at radius 3 is 2.28 bits per heavy atom. The lowest BCUT2D eigenvalue weighted by Gasteiger charge is -2.36. The number of urea groups is 1. The Morgan fingerprint density at radius 1 is 0.920 bits per heavy atom. The molecule has 1 saturated heterocycles. The second kappa shape index (κ2) is 7.36. The number of carbonyl (C=O) groups is 1.